The van der Waals surface area contributed by atoms with E-state index in [1.165, 1.54) is 36.6 Å². The third-order valence-corrected chi connectivity index (χ3v) is 4.92. The number of carbonyl (C=O) groups excluding carboxylic acids is 1. The van der Waals surface area contributed by atoms with Crippen molar-refractivity contribution in [3.8, 4) is 11.3 Å². The van der Waals surface area contributed by atoms with Crippen LogP contribution in [0.3, 0.4) is 0 Å². The number of nitrogens with zero attached hydrogens (tertiary/aromatic N) is 2. The second-order valence-electron chi connectivity index (χ2n) is 6.10. The van der Waals surface area contributed by atoms with Crippen LogP contribution in [0.4, 0.5) is 0 Å². The van der Waals surface area contributed by atoms with Crippen LogP contribution in [0.25, 0.3) is 11.3 Å². The minimum atomic E-state index is -0.108. The van der Waals surface area contributed by atoms with Crippen LogP contribution >= 0.6 is 11.8 Å². The molecule has 0 unspecified atom stereocenters. The summed E-state index contributed by atoms with van der Waals surface area (Å²) in [6.07, 6.45) is 11.7. The molecule has 3 rings (SSSR count). The Morgan fingerprint density at radius 1 is 1.24 bits per heavy atom. The second-order valence-corrected chi connectivity index (χ2v) is 6.87. The molecule has 5 heteroatoms. The van der Waals surface area contributed by atoms with Gasteiger partial charge in [-0.3, -0.25) is 4.79 Å². The number of rotatable bonds is 6. The van der Waals surface area contributed by atoms with Crippen molar-refractivity contribution in [1.29, 1.82) is 0 Å². The predicted molar refractivity (Wildman–Crippen MR) is 103 cm³/mol. The highest BCUT2D eigenvalue weighted by atomic mass is 32.2. The Labute approximate surface area is 153 Å². The third kappa shape index (κ3) is 4.69. The van der Waals surface area contributed by atoms with E-state index in [0.717, 1.165) is 18.4 Å². The number of hydrogen-bond acceptors (Lipinski definition) is 4. The summed E-state index contributed by atoms with van der Waals surface area (Å²) < 4.78 is 0. The number of aromatic nitrogens is 2. The maximum absolute atomic E-state index is 12.7. The van der Waals surface area contributed by atoms with Crippen LogP contribution in [-0.2, 0) is 0 Å². The van der Waals surface area contributed by atoms with Gasteiger partial charge in [0.25, 0.3) is 5.91 Å². The molecule has 1 aromatic heterocycles. The Hall–Kier alpha value is -2.14. The minimum Gasteiger partial charge on any atom is -0.352 e. The molecule has 1 aliphatic rings. The molecule has 0 fully saturated rings. The minimum absolute atomic E-state index is 0.108. The smallest absolute Gasteiger partial charge is 0.255 e. The van der Waals surface area contributed by atoms with Gasteiger partial charge in [0.2, 0.25) is 0 Å². The summed E-state index contributed by atoms with van der Waals surface area (Å²) >= 11 is 1.47. The maximum atomic E-state index is 12.7. The summed E-state index contributed by atoms with van der Waals surface area (Å²) in [6, 6.07) is 9.80. The quantitative estimate of drug-likeness (QED) is 0.472. The van der Waals surface area contributed by atoms with Crippen LogP contribution in [0.2, 0.25) is 0 Å². The lowest BCUT2D eigenvalue weighted by atomic mass is 9.97. The Morgan fingerprint density at radius 2 is 2.08 bits per heavy atom. The van der Waals surface area contributed by atoms with Crippen molar-refractivity contribution in [2.45, 2.75) is 37.3 Å². The molecule has 0 saturated heterocycles. The lowest BCUT2D eigenvalue weighted by molar-refractivity contribution is 0.0954. The first kappa shape index (κ1) is 17.7. The van der Waals surface area contributed by atoms with Gasteiger partial charge in [-0.2, -0.15) is 0 Å². The zero-order chi connectivity index (χ0) is 17.5. The first-order valence-electron chi connectivity index (χ1n) is 8.70. The van der Waals surface area contributed by atoms with Gasteiger partial charge in [0.1, 0.15) is 0 Å². The van der Waals surface area contributed by atoms with Crippen molar-refractivity contribution in [2.75, 3.05) is 12.8 Å². The van der Waals surface area contributed by atoms with Crippen LogP contribution in [-0.4, -0.2) is 28.7 Å². The molecular weight excluding hydrogens is 330 g/mol. The van der Waals surface area contributed by atoms with Gasteiger partial charge in [0.05, 0.1) is 11.3 Å². The molecule has 1 N–H and O–H groups in total. The van der Waals surface area contributed by atoms with Crippen LogP contribution in [0.15, 0.2) is 53.3 Å². The van der Waals surface area contributed by atoms with Crippen molar-refractivity contribution in [3.05, 3.63) is 53.7 Å². The molecule has 0 atom stereocenters. The average molecular weight is 353 g/mol. The molecule has 25 heavy (non-hydrogen) atoms. The summed E-state index contributed by atoms with van der Waals surface area (Å²) in [5.41, 5.74) is 3.61. The molecule has 1 aliphatic carbocycles. The molecule has 1 aromatic carbocycles. The largest absolute Gasteiger partial charge is 0.352 e. The highest BCUT2D eigenvalue weighted by Gasteiger charge is 2.16. The van der Waals surface area contributed by atoms with Crippen molar-refractivity contribution >= 4 is 17.7 Å². The molecule has 130 valence electrons. The van der Waals surface area contributed by atoms with E-state index in [0.29, 0.717) is 23.0 Å². The SMILES string of the molecule is CSc1ncc(C(=O)NCCC2=CCCCC2)c(-c2ccccc2)n1. The number of allylic oxidation sites excluding steroid dienone is 1. The van der Waals surface area contributed by atoms with E-state index in [2.05, 4.69) is 21.4 Å². The highest BCUT2D eigenvalue weighted by molar-refractivity contribution is 7.98. The summed E-state index contributed by atoms with van der Waals surface area (Å²) in [6.45, 7) is 0.656. The van der Waals surface area contributed by atoms with Crippen LogP contribution in [0.1, 0.15) is 42.5 Å². The van der Waals surface area contributed by atoms with Gasteiger partial charge in [-0.05, 0) is 38.4 Å². The molecule has 1 heterocycles. The molecule has 0 aliphatic heterocycles. The number of carbonyl (C=O) groups is 1. The highest BCUT2D eigenvalue weighted by Crippen LogP contribution is 2.23. The Balaban J connectivity index is 1.74. The van der Waals surface area contributed by atoms with Gasteiger partial charge in [-0.1, -0.05) is 53.7 Å². The van der Waals surface area contributed by atoms with Gasteiger partial charge < -0.3 is 5.32 Å². The summed E-state index contributed by atoms with van der Waals surface area (Å²) in [5, 5.41) is 3.70. The molecule has 0 saturated carbocycles. The van der Waals surface area contributed by atoms with Crippen molar-refractivity contribution in [3.63, 3.8) is 0 Å². The van der Waals surface area contributed by atoms with Crippen molar-refractivity contribution in [2.24, 2.45) is 0 Å². The van der Waals surface area contributed by atoms with E-state index in [1.807, 2.05) is 36.6 Å². The number of amides is 1. The lowest BCUT2D eigenvalue weighted by Gasteiger charge is -2.14. The molecule has 2 aromatic rings. The molecule has 0 bridgehead atoms. The van der Waals surface area contributed by atoms with Crippen LogP contribution < -0.4 is 5.32 Å². The van der Waals surface area contributed by atoms with Gasteiger partial charge >= 0.3 is 0 Å². The van der Waals surface area contributed by atoms with Gasteiger partial charge in [-0.15, -0.1) is 0 Å². The molecule has 0 spiro atoms. The van der Waals surface area contributed by atoms with E-state index < -0.39 is 0 Å². The fourth-order valence-electron chi connectivity index (χ4n) is 3.01. The Morgan fingerprint density at radius 3 is 2.80 bits per heavy atom. The number of benzene rings is 1. The molecule has 1 amide bonds. The number of nitrogens with one attached hydrogen (secondary N) is 1. The molecule has 4 nitrogen and oxygen atoms in total. The summed E-state index contributed by atoms with van der Waals surface area (Å²) in [7, 11) is 0. The van der Waals surface area contributed by atoms with Gasteiger partial charge in [0.15, 0.2) is 5.16 Å². The van der Waals surface area contributed by atoms with Crippen LogP contribution in [0, 0.1) is 0 Å². The van der Waals surface area contributed by atoms with E-state index in [1.54, 1.807) is 6.20 Å². The third-order valence-electron chi connectivity index (χ3n) is 4.36. The topological polar surface area (TPSA) is 54.9 Å². The zero-order valence-corrected chi connectivity index (χ0v) is 15.3. The second kappa shape index (κ2) is 8.81. The normalized spacial score (nSPS) is 14.0. The zero-order valence-electron chi connectivity index (χ0n) is 14.5. The Bertz CT molecular complexity index is 759. The van der Waals surface area contributed by atoms with Crippen LogP contribution in [0.5, 0.6) is 0 Å². The predicted octanol–water partition coefficient (Wildman–Crippen LogP) is 4.49. The Kier molecular flexibility index (Phi) is 6.23. The summed E-state index contributed by atoms with van der Waals surface area (Å²) in [5.74, 6) is -0.108. The number of thioether (sulfide) groups is 1. The monoisotopic (exact) mass is 353 g/mol. The first-order valence-corrected chi connectivity index (χ1v) is 9.93. The van der Waals surface area contributed by atoms with Gasteiger partial charge in [-0.25, -0.2) is 9.97 Å². The van der Waals surface area contributed by atoms with E-state index in [4.69, 9.17) is 0 Å². The first-order chi connectivity index (χ1) is 12.3. The molecule has 0 radical (unpaired) electrons. The maximum Gasteiger partial charge on any atom is 0.255 e. The fraction of sp³-hybridized carbons (Fsp3) is 0.350. The lowest BCUT2D eigenvalue weighted by Crippen LogP contribution is -2.26. The van der Waals surface area contributed by atoms with E-state index >= 15 is 0 Å². The van der Waals surface area contributed by atoms with Crippen molar-refractivity contribution < 1.29 is 4.79 Å². The van der Waals surface area contributed by atoms with E-state index in [9.17, 15) is 4.79 Å². The van der Waals surface area contributed by atoms with Gasteiger partial charge in [0, 0.05) is 18.3 Å². The number of hydrogen-bond donors (Lipinski definition) is 1. The van der Waals surface area contributed by atoms with E-state index in [-0.39, 0.29) is 5.91 Å². The summed E-state index contributed by atoms with van der Waals surface area (Å²) in [4.78, 5) is 21.5. The molecular formula is C20H23N3OS. The fourth-order valence-corrected chi connectivity index (χ4v) is 3.35. The average Bonchev–Trinajstić information content (AvgIpc) is 2.69. The standard InChI is InChI=1S/C20H23N3OS/c1-25-20-22-14-17(18(23-20)16-10-6-3-7-11-16)19(24)21-13-12-15-8-4-2-5-9-15/h3,6-8,10-11,14H,2,4-5,9,12-13H2,1H3,(H,21,24). The van der Waals surface area contributed by atoms with Crippen molar-refractivity contribution in [1.82, 2.24) is 15.3 Å².